The number of nitrogens with two attached hydrogens (primary N) is 1. The fourth-order valence-corrected chi connectivity index (χ4v) is 2.79. The van der Waals surface area contributed by atoms with E-state index in [2.05, 4.69) is 20.8 Å². The molecule has 0 aromatic carbocycles. The highest BCUT2D eigenvalue weighted by Gasteiger charge is 2.39. The maximum absolute atomic E-state index is 12.7. The minimum atomic E-state index is -0.376. The van der Waals surface area contributed by atoms with Crippen molar-refractivity contribution in [2.45, 2.75) is 46.1 Å². The second-order valence-electron chi connectivity index (χ2n) is 5.48. The van der Waals surface area contributed by atoms with Crippen LogP contribution in [0.2, 0.25) is 0 Å². The maximum atomic E-state index is 12.7. The minimum absolute atomic E-state index is 0.159. The van der Waals surface area contributed by atoms with Gasteiger partial charge in [-0.1, -0.05) is 20.8 Å². The summed E-state index contributed by atoms with van der Waals surface area (Å²) in [6.07, 6.45) is 2.79. The molecule has 1 rings (SSSR count). The van der Waals surface area contributed by atoms with Gasteiger partial charge < -0.3 is 15.4 Å². The van der Waals surface area contributed by atoms with Crippen molar-refractivity contribution in [1.82, 2.24) is 4.90 Å². The predicted octanol–water partition coefficient (Wildman–Crippen LogP) is 1.63. The molecule has 1 fully saturated rings. The predicted molar refractivity (Wildman–Crippen MR) is 73.2 cm³/mol. The summed E-state index contributed by atoms with van der Waals surface area (Å²) in [6, 6.07) is 0. The van der Waals surface area contributed by atoms with Crippen LogP contribution in [0.15, 0.2) is 0 Å². The van der Waals surface area contributed by atoms with E-state index in [0.29, 0.717) is 19.0 Å². The SMILES string of the molecule is CCC(CC)(CN)C(=O)N1CCC(C)C(OC)C1. The summed E-state index contributed by atoms with van der Waals surface area (Å²) < 4.78 is 5.47. The molecule has 0 aromatic heterocycles. The molecule has 2 atom stereocenters. The Balaban J connectivity index is 2.77. The molecule has 2 unspecified atom stereocenters. The molecule has 4 heteroatoms. The van der Waals surface area contributed by atoms with E-state index < -0.39 is 0 Å². The number of likely N-dealkylation sites (tertiary alicyclic amines) is 1. The fourth-order valence-electron chi connectivity index (χ4n) is 2.79. The van der Waals surface area contributed by atoms with Crippen molar-refractivity contribution in [3.8, 4) is 0 Å². The van der Waals surface area contributed by atoms with Gasteiger partial charge in [-0.05, 0) is 25.2 Å². The van der Waals surface area contributed by atoms with E-state index >= 15 is 0 Å². The summed E-state index contributed by atoms with van der Waals surface area (Å²) in [6.45, 7) is 8.26. The second kappa shape index (κ2) is 6.53. The van der Waals surface area contributed by atoms with Crippen LogP contribution in [0, 0.1) is 11.3 Å². The number of amides is 1. The van der Waals surface area contributed by atoms with Gasteiger partial charge in [0.1, 0.15) is 0 Å². The maximum Gasteiger partial charge on any atom is 0.230 e. The first-order chi connectivity index (χ1) is 8.54. The lowest BCUT2D eigenvalue weighted by molar-refractivity contribution is -0.147. The lowest BCUT2D eigenvalue weighted by Gasteiger charge is -2.41. The molecular formula is C14H28N2O2. The van der Waals surface area contributed by atoms with E-state index in [0.717, 1.165) is 25.8 Å². The van der Waals surface area contributed by atoms with Crippen molar-refractivity contribution < 1.29 is 9.53 Å². The molecule has 1 saturated heterocycles. The molecule has 1 aliphatic rings. The van der Waals surface area contributed by atoms with Crippen molar-refractivity contribution in [3.05, 3.63) is 0 Å². The Hall–Kier alpha value is -0.610. The molecule has 0 aliphatic carbocycles. The Morgan fingerprint density at radius 1 is 1.44 bits per heavy atom. The van der Waals surface area contributed by atoms with Crippen molar-refractivity contribution >= 4 is 5.91 Å². The zero-order valence-electron chi connectivity index (χ0n) is 12.2. The van der Waals surface area contributed by atoms with E-state index in [1.165, 1.54) is 0 Å². The van der Waals surface area contributed by atoms with Gasteiger partial charge in [0.15, 0.2) is 0 Å². The number of methoxy groups -OCH3 is 1. The van der Waals surface area contributed by atoms with Crippen LogP contribution in [0.5, 0.6) is 0 Å². The summed E-state index contributed by atoms with van der Waals surface area (Å²) in [7, 11) is 1.73. The number of rotatable bonds is 5. The smallest absolute Gasteiger partial charge is 0.230 e. The van der Waals surface area contributed by atoms with Gasteiger partial charge in [-0.2, -0.15) is 0 Å². The molecule has 1 heterocycles. The molecular weight excluding hydrogens is 228 g/mol. The van der Waals surface area contributed by atoms with Gasteiger partial charge in [-0.25, -0.2) is 0 Å². The van der Waals surface area contributed by atoms with E-state index in [9.17, 15) is 4.79 Å². The zero-order valence-corrected chi connectivity index (χ0v) is 12.2. The molecule has 0 bridgehead atoms. The van der Waals surface area contributed by atoms with Gasteiger partial charge in [0, 0.05) is 26.7 Å². The lowest BCUT2D eigenvalue weighted by Crippen LogP contribution is -2.53. The van der Waals surface area contributed by atoms with Crippen molar-refractivity contribution in [2.75, 3.05) is 26.7 Å². The topological polar surface area (TPSA) is 55.6 Å². The molecule has 0 spiro atoms. The Kier molecular flexibility index (Phi) is 5.60. The van der Waals surface area contributed by atoms with Gasteiger partial charge in [0.05, 0.1) is 11.5 Å². The van der Waals surface area contributed by atoms with Crippen LogP contribution in [0.1, 0.15) is 40.0 Å². The van der Waals surface area contributed by atoms with Crippen LogP contribution in [-0.2, 0) is 9.53 Å². The number of piperidine rings is 1. The number of hydrogen-bond donors (Lipinski definition) is 1. The van der Waals surface area contributed by atoms with Crippen LogP contribution in [0.3, 0.4) is 0 Å². The first-order valence-corrected chi connectivity index (χ1v) is 7.06. The van der Waals surface area contributed by atoms with Crippen LogP contribution < -0.4 is 5.73 Å². The summed E-state index contributed by atoms with van der Waals surface area (Å²) >= 11 is 0. The van der Waals surface area contributed by atoms with E-state index in [-0.39, 0.29) is 17.4 Å². The number of hydrogen-bond acceptors (Lipinski definition) is 3. The average molecular weight is 256 g/mol. The summed E-state index contributed by atoms with van der Waals surface area (Å²) in [5.74, 6) is 0.735. The highest BCUT2D eigenvalue weighted by atomic mass is 16.5. The zero-order chi connectivity index (χ0) is 13.8. The Morgan fingerprint density at radius 3 is 2.50 bits per heavy atom. The average Bonchev–Trinajstić information content (AvgIpc) is 2.41. The molecule has 0 radical (unpaired) electrons. The number of carbonyl (C=O) groups excluding carboxylic acids is 1. The Bertz CT molecular complexity index is 269. The molecule has 1 aliphatic heterocycles. The highest BCUT2D eigenvalue weighted by molar-refractivity contribution is 5.83. The van der Waals surface area contributed by atoms with Gasteiger partial charge in [0.25, 0.3) is 0 Å². The van der Waals surface area contributed by atoms with Crippen molar-refractivity contribution in [2.24, 2.45) is 17.1 Å². The third-order valence-electron chi connectivity index (χ3n) is 4.68. The molecule has 4 nitrogen and oxygen atoms in total. The van der Waals surface area contributed by atoms with E-state index in [1.807, 2.05) is 4.90 Å². The second-order valence-corrected chi connectivity index (χ2v) is 5.48. The van der Waals surface area contributed by atoms with Crippen LogP contribution in [0.25, 0.3) is 0 Å². The lowest BCUT2D eigenvalue weighted by atomic mass is 9.80. The van der Waals surface area contributed by atoms with Gasteiger partial charge in [-0.3, -0.25) is 4.79 Å². The number of carbonyl (C=O) groups is 1. The minimum Gasteiger partial charge on any atom is -0.379 e. The monoisotopic (exact) mass is 256 g/mol. The molecule has 2 N–H and O–H groups in total. The molecule has 0 saturated carbocycles. The van der Waals surface area contributed by atoms with Gasteiger partial charge >= 0.3 is 0 Å². The summed E-state index contributed by atoms with van der Waals surface area (Å²) in [5, 5.41) is 0. The summed E-state index contributed by atoms with van der Waals surface area (Å²) in [4.78, 5) is 14.6. The summed E-state index contributed by atoms with van der Waals surface area (Å²) in [5.41, 5.74) is 5.48. The number of ether oxygens (including phenoxy) is 1. The van der Waals surface area contributed by atoms with Crippen molar-refractivity contribution in [3.63, 3.8) is 0 Å². The molecule has 106 valence electrons. The first-order valence-electron chi connectivity index (χ1n) is 7.06. The molecule has 1 amide bonds. The number of nitrogens with zero attached hydrogens (tertiary/aromatic N) is 1. The Labute approximate surface area is 111 Å². The van der Waals surface area contributed by atoms with Crippen LogP contribution in [-0.4, -0.2) is 43.7 Å². The normalized spacial score (nSPS) is 25.3. The molecule has 18 heavy (non-hydrogen) atoms. The largest absolute Gasteiger partial charge is 0.379 e. The van der Waals surface area contributed by atoms with Crippen LogP contribution >= 0.6 is 0 Å². The van der Waals surface area contributed by atoms with E-state index in [1.54, 1.807) is 7.11 Å². The quantitative estimate of drug-likeness (QED) is 0.813. The van der Waals surface area contributed by atoms with Crippen molar-refractivity contribution in [1.29, 1.82) is 0 Å². The Morgan fingerprint density at radius 2 is 2.06 bits per heavy atom. The fraction of sp³-hybridized carbons (Fsp3) is 0.929. The standard InChI is InChI=1S/C14H28N2O2/c1-5-14(6-2,10-15)13(17)16-8-7-11(3)12(9-16)18-4/h11-12H,5-10,15H2,1-4H3. The molecule has 0 aromatic rings. The third kappa shape index (κ3) is 2.86. The van der Waals surface area contributed by atoms with Crippen LogP contribution in [0.4, 0.5) is 0 Å². The third-order valence-corrected chi connectivity index (χ3v) is 4.68. The van der Waals surface area contributed by atoms with Gasteiger partial charge in [-0.15, -0.1) is 0 Å². The highest BCUT2D eigenvalue weighted by Crippen LogP contribution is 2.30. The first kappa shape index (κ1) is 15.4. The van der Waals surface area contributed by atoms with Gasteiger partial charge in [0.2, 0.25) is 5.91 Å². The van der Waals surface area contributed by atoms with E-state index in [4.69, 9.17) is 10.5 Å².